The van der Waals surface area contributed by atoms with Crippen LogP contribution in [0.25, 0.3) is 0 Å². The van der Waals surface area contributed by atoms with Gasteiger partial charge in [0.05, 0.1) is 5.56 Å². The van der Waals surface area contributed by atoms with Crippen molar-refractivity contribution >= 4 is 29.6 Å². The minimum atomic E-state index is -1.26. The van der Waals surface area contributed by atoms with Crippen molar-refractivity contribution in [1.82, 2.24) is 15.7 Å². The van der Waals surface area contributed by atoms with E-state index >= 15 is 0 Å². The molecule has 0 unspecified atom stereocenters. The number of nitrogens with one attached hydrogen (secondary N) is 2. The molecule has 2 atom stereocenters. The van der Waals surface area contributed by atoms with Gasteiger partial charge in [-0.25, -0.2) is 10.0 Å². The lowest BCUT2D eigenvalue weighted by Gasteiger charge is -2.33. The lowest BCUT2D eigenvalue weighted by atomic mass is 9.84. The summed E-state index contributed by atoms with van der Waals surface area (Å²) >= 11 is 0. The van der Waals surface area contributed by atoms with Gasteiger partial charge in [-0.05, 0) is 88.9 Å². The van der Waals surface area contributed by atoms with Crippen molar-refractivity contribution in [1.29, 1.82) is 0 Å². The number of phenols is 1. The zero-order chi connectivity index (χ0) is 34.4. The average molecular weight is 642 g/mol. The third-order valence-corrected chi connectivity index (χ3v) is 8.32. The first-order valence-electron chi connectivity index (χ1n) is 14.7. The number of carbonyl (C=O) groups excluding carboxylic acids is 2. The average Bonchev–Trinajstić information content (AvgIpc) is 3.10. The number of aryl methyl sites for hydroxylation is 1. The topological polar surface area (TPSA) is 239 Å². The molecule has 2 aromatic carbocycles. The first-order chi connectivity index (χ1) is 21.4. The first-order valence-corrected chi connectivity index (χ1v) is 14.7. The van der Waals surface area contributed by atoms with Crippen LogP contribution in [0.3, 0.4) is 0 Å². The van der Waals surface area contributed by atoms with Crippen LogP contribution in [0.4, 0.5) is 0 Å². The summed E-state index contributed by atoms with van der Waals surface area (Å²) in [6.07, 6.45) is 0.332. The second-order valence-corrected chi connectivity index (χ2v) is 12.2. The molecule has 250 valence electrons. The summed E-state index contributed by atoms with van der Waals surface area (Å²) in [7, 11) is 0. The third-order valence-electron chi connectivity index (χ3n) is 8.32. The van der Waals surface area contributed by atoms with E-state index in [-0.39, 0.29) is 43.4 Å². The molecule has 2 aromatic rings. The number of aliphatic carboxylic acids is 1. The van der Waals surface area contributed by atoms with Crippen LogP contribution in [0.15, 0.2) is 47.5 Å². The van der Waals surface area contributed by atoms with Crippen molar-refractivity contribution in [2.24, 2.45) is 16.5 Å². The molecule has 0 saturated heterocycles. The molecular formula is C31H43N7O8. The molecule has 9 N–H and O–H groups in total. The number of guanidine groups is 1. The molecule has 0 saturated carbocycles. The number of amidine groups is 1. The van der Waals surface area contributed by atoms with Crippen LogP contribution < -0.4 is 26.8 Å². The Bertz CT molecular complexity index is 1500. The maximum atomic E-state index is 13.3. The van der Waals surface area contributed by atoms with Crippen LogP contribution in [0.1, 0.15) is 57.2 Å². The van der Waals surface area contributed by atoms with Crippen LogP contribution in [0.2, 0.25) is 0 Å². The third kappa shape index (κ3) is 8.15. The van der Waals surface area contributed by atoms with Crippen molar-refractivity contribution < 1.29 is 39.3 Å². The summed E-state index contributed by atoms with van der Waals surface area (Å²) in [6, 6.07) is 8.53. The second kappa shape index (κ2) is 14.4. The van der Waals surface area contributed by atoms with Gasteiger partial charge in [-0.3, -0.25) is 19.3 Å². The molecule has 1 aliphatic rings. The van der Waals surface area contributed by atoms with Gasteiger partial charge in [0.15, 0.2) is 18.1 Å². The van der Waals surface area contributed by atoms with E-state index in [1.165, 1.54) is 6.07 Å². The SMILES string of the molecule is Cc1cc(C[C@H](NC(=O)COc2ccc(C3=[N+]([O-])C(C)(C)C(C)(C)N3O)cc2)C(=O)N[C@@H](CCCN=C(N)N)C(=O)O)ccc1O. The summed E-state index contributed by atoms with van der Waals surface area (Å²) < 4.78 is 6.37. The van der Waals surface area contributed by atoms with E-state index in [1.807, 2.05) is 0 Å². The molecule has 2 amide bonds. The highest BCUT2D eigenvalue weighted by Gasteiger charge is 2.58. The number of benzene rings is 2. The minimum Gasteiger partial charge on any atom is -0.714 e. The maximum Gasteiger partial charge on any atom is 0.326 e. The van der Waals surface area contributed by atoms with Crippen molar-refractivity contribution in [3.8, 4) is 11.5 Å². The number of hydrogen-bond donors (Lipinski definition) is 7. The number of ether oxygens (including phenoxy) is 1. The van der Waals surface area contributed by atoms with Gasteiger partial charge in [0, 0.05) is 13.0 Å². The largest absolute Gasteiger partial charge is 0.714 e. The van der Waals surface area contributed by atoms with E-state index in [4.69, 9.17) is 16.2 Å². The van der Waals surface area contributed by atoms with Crippen LogP contribution in [-0.2, 0) is 20.8 Å². The molecule has 15 heteroatoms. The van der Waals surface area contributed by atoms with Crippen molar-refractivity contribution in [3.63, 3.8) is 0 Å². The van der Waals surface area contributed by atoms with Crippen LogP contribution in [0.5, 0.6) is 11.5 Å². The van der Waals surface area contributed by atoms with Crippen molar-refractivity contribution in [2.75, 3.05) is 13.2 Å². The molecule has 46 heavy (non-hydrogen) atoms. The highest BCUT2D eigenvalue weighted by atomic mass is 16.5. The fourth-order valence-corrected chi connectivity index (χ4v) is 4.77. The van der Waals surface area contributed by atoms with Gasteiger partial charge in [-0.1, -0.05) is 12.1 Å². The highest BCUT2D eigenvalue weighted by molar-refractivity contribution is 5.96. The van der Waals surface area contributed by atoms with Crippen LogP contribution in [-0.4, -0.2) is 91.1 Å². The van der Waals surface area contributed by atoms with Gasteiger partial charge < -0.3 is 42.3 Å². The highest BCUT2D eigenvalue weighted by Crippen LogP contribution is 2.37. The number of carboxylic acids is 1. The molecule has 0 spiro atoms. The zero-order valence-corrected chi connectivity index (χ0v) is 26.6. The van der Waals surface area contributed by atoms with Gasteiger partial charge in [-0.2, -0.15) is 0 Å². The standard InChI is InChI=1S/C31H43N7O8/c1-18-15-19(8-13-24(18)39)16-23(26(41)36-22(28(42)43)7-6-14-34-29(32)33)35-25(40)17-46-21-11-9-20(10-12-21)27-37(44)30(2,3)31(4,5)38(27)45/h8-13,15,22-23,39,44H,6-7,14,16-17H2,1-5H3,(H,35,40)(H,36,41)(H,42,43)(H4,32,33,34)/t22-,23-/m0/s1. The Hall–Kier alpha value is -5.05. The number of carbonyl (C=O) groups is 3. The fraction of sp³-hybridized carbons (Fsp3) is 0.452. The number of hydroxylamine groups is 3. The van der Waals surface area contributed by atoms with Crippen LogP contribution >= 0.6 is 0 Å². The Balaban J connectivity index is 1.70. The normalized spacial score (nSPS) is 16.3. The lowest BCUT2D eigenvalue weighted by Crippen LogP contribution is -2.53. The second-order valence-electron chi connectivity index (χ2n) is 12.2. The molecular weight excluding hydrogens is 598 g/mol. The summed E-state index contributed by atoms with van der Waals surface area (Å²) in [5, 5.41) is 49.3. The smallest absolute Gasteiger partial charge is 0.326 e. The molecule has 0 aromatic heterocycles. The van der Waals surface area contributed by atoms with Crippen molar-refractivity contribution in [3.05, 3.63) is 64.4 Å². The number of nitrogens with zero attached hydrogens (tertiary/aromatic N) is 3. The molecule has 3 rings (SSSR count). The van der Waals surface area contributed by atoms with E-state index in [1.54, 1.807) is 71.0 Å². The van der Waals surface area contributed by atoms with Gasteiger partial charge in [0.2, 0.25) is 5.91 Å². The molecule has 1 aliphatic heterocycles. The molecule has 1 heterocycles. The predicted molar refractivity (Wildman–Crippen MR) is 169 cm³/mol. The number of rotatable bonds is 14. The number of carboxylic acid groups (broad SMARTS) is 1. The molecule has 0 bridgehead atoms. The number of aliphatic imine (C=N–C) groups is 1. The van der Waals surface area contributed by atoms with Gasteiger partial charge in [0.1, 0.15) is 29.1 Å². The van der Waals surface area contributed by atoms with E-state index in [9.17, 15) is 35.0 Å². The van der Waals surface area contributed by atoms with E-state index in [0.717, 1.165) is 9.80 Å². The number of amides is 2. The monoisotopic (exact) mass is 641 g/mol. The van der Waals surface area contributed by atoms with Crippen LogP contribution in [0, 0.1) is 12.1 Å². The Labute approximate surface area is 267 Å². The summed E-state index contributed by atoms with van der Waals surface area (Å²) in [6.45, 7) is 8.37. The number of aromatic hydroxyl groups is 1. The molecule has 0 aliphatic carbocycles. The Morgan fingerprint density at radius 1 is 1.07 bits per heavy atom. The lowest BCUT2D eigenvalue weighted by molar-refractivity contribution is -0.539. The predicted octanol–water partition coefficient (Wildman–Crippen LogP) is 0.949. The number of nitrogens with two attached hydrogens (primary N) is 2. The van der Waals surface area contributed by atoms with Gasteiger partial charge in [-0.15, -0.1) is 5.06 Å². The molecule has 0 fully saturated rings. The first kappa shape index (κ1) is 35.4. The summed E-state index contributed by atoms with van der Waals surface area (Å²) in [5.74, 6) is -2.34. The van der Waals surface area contributed by atoms with Crippen molar-refractivity contribution in [2.45, 2.75) is 77.0 Å². The van der Waals surface area contributed by atoms with Gasteiger partial charge >= 0.3 is 11.8 Å². The van der Waals surface area contributed by atoms with E-state index < -0.39 is 47.6 Å². The quantitative estimate of drug-likeness (QED) is 0.0504. The molecule has 15 nitrogen and oxygen atoms in total. The van der Waals surface area contributed by atoms with E-state index in [2.05, 4.69) is 15.6 Å². The number of phenolic OH excluding ortho intramolecular Hbond substituents is 1. The zero-order valence-electron chi connectivity index (χ0n) is 26.6. The maximum absolute atomic E-state index is 13.3. The Kier molecular flexibility index (Phi) is 11.1. The minimum absolute atomic E-state index is 0.00237. The Morgan fingerprint density at radius 3 is 2.26 bits per heavy atom. The van der Waals surface area contributed by atoms with Gasteiger partial charge in [0.25, 0.3) is 5.91 Å². The number of hydrogen-bond acceptors (Lipinski definition) is 9. The Morgan fingerprint density at radius 2 is 1.72 bits per heavy atom. The molecule has 0 radical (unpaired) electrons. The summed E-state index contributed by atoms with van der Waals surface area (Å²) in [5.41, 5.74) is 10.5. The summed E-state index contributed by atoms with van der Waals surface area (Å²) in [4.78, 5) is 41.9. The van der Waals surface area contributed by atoms with E-state index in [0.29, 0.717) is 22.4 Å². The fourth-order valence-electron chi connectivity index (χ4n) is 4.77.